The van der Waals surface area contributed by atoms with E-state index in [4.69, 9.17) is 0 Å². The van der Waals surface area contributed by atoms with Crippen molar-refractivity contribution in [2.45, 2.75) is 19.6 Å². The summed E-state index contributed by atoms with van der Waals surface area (Å²) in [5.41, 5.74) is 1.06. The number of rotatable bonds is 4. The van der Waals surface area contributed by atoms with E-state index in [-0.39, 0.29) is 0 Å². The molecule has 0 aliphatic carbocycles. The summed E-state index contributed by atoms with van der Waals surface area (Å²) in [6.07, 6.45) is -4.30. The van der Waals surface area contributed by atoms with Crippen LogP contribution in [0, 0.1) is 0 Å². The van der Waals surface area contributed by atoms with E-state index in [1.54, 1.807) is 6.07 Å². The molecular formula is C16H16F3N. The van der Waals surface area contributed by atoms with Crippen LogP contribution < -0.4 is 4.90 Å². The summed E-state index contributed by atoms with van der Waals surface area (Å²) in [5.74, 6) is 0. The normalized spacial score (nSPS) is 11.4. The minimum Gasteiger partial charge on any atom is -0.367 e. The Bertz CT molecular complexity index is 549. The second-order valence-electron chi connectivity index (χ2n) is 4.55. The third-order valence-corrected chi connectivity index (χ3v) is 3.14. The summed E-state index contributed by atoms with van der Waals surface area (Å²) in [6, 6.07) is 15.2. The molecule has 0 amide bonds. The fraction of sp³-hybridized carbons (Fsp3) is 0.250. The van der Waals surface area contributed by atoms with Crippen LogP contribution in [0.25, 0.3) is 0 Å². The van der Waals surface area contributed by atoms with Gasteiger partial charge in [0.05, 0.1) is 5.56 Å². The molecule has 4 heteroatoms. The lowest BCUT2D eigenvalue weighted by molar-refractivity contribution is -0.137. The van der Waals surface area contributed by atoms with E-state index in [9.17, 15) is 13.2 Å². The van der Waals surface area contributed by atoms with Crippen molar-refractivity contribution < 1.29 is 13.2 Å². The zero-order valence-electron chi connectivity index (χ0n) is 11.2. The molecule has 106 valence electrons. The fourth-order valence-electron chi connectivity index (χ4n) is 2.07. The van der Waals surface area contributed by atoms with E-state index in [0.717, 1.165) is 11.6 Å². The van der Waals surface area contributed by atoms with Crippen molar-refractivity contribution in [3.63, 3.8) is 0 Å². The van der Waals surface area contributed by atoms with Crippen LogP contribution in [-0.2, 0) is 12.7 Å². The molecule has 0 heterocycles. The Balaban J connectivity index is 2.24. The lowest BCUT2D eigenvalue weighted by Gasteiger charge is -2.24. The van der Waals surface area contributed by atoms with E-state index in [1.165, 1.54) is 12.1 Å². The first-order chi connectivity index (χ1) is 9.50. The summed E-state index contributed by atoms with van der Waals surface area (Å²) in [7, 11) is 0. The quantitative estimate of drug-likeness (QED) is 0.782. The summed E-state index contributed by atoms with van der Waals surface area (Å²) < 4.78 is 38.2. The van der Waals surface area contributed by atoms with Crippen molar-refractivity contribution >= 4 is 5.69 Å². The van der Waals surface area contributed by atoms with Gasteiger partial charge >= 0.3 is 6.18 Å². The maximum absolute atomic E-state index is 12.7. The monoisotopic (exact) mass is 279 g/mol. The fourth-order valence-corrected chi connectivity index (χ4v) is 2.07. The Hall–Kier alpha value is -1.97. The van der Waals surface area contributed by atoms with Gasteiger partial charge in [-0.3, -0.25) is 0 Å². The van der Waals surface area contributed by atoms with Crippen LogP contribution in [0.5, 0.6) is 0 Å². The molecule has 0 spiro atoms. The first kappa shape index (κ1) is 14.4. The number of alkyl halides is 3. The van der Waals surface area contributed by atoms with Crippen LogP contribution in [-0.4, -0.2) is 6.54 Å². The van der Waals surface area contributed by atoms with Gasteiger partial charge in [0, 0.05) is 18.8 Å². The van der Waals surface area contributed by atoms with Crippen molar-refractivity contribution in [2.24, 2.45) is 0 Å². The molecule has 0 fully saturated rings. The highest BCUT2D eigenvalue weighted by Gasteiger charge is 2.30. The molecule has 0 bridgehead atoms. The Morgan fingerprint density at radius 2 is 1.65 bits per heavy atom. The second-order valence-corrected chi connectivity index (χ2v) is 4.55. The summed E-state index contributed by atoms with van der Waals surface area (Å²) in [6.45, 7) is 3.18. The molecule has 2 rings (SSSR count). The van der Waals surface area contributed by atoms with Crippen molar-refractivity contribution in [3.8, 4) is 0 Å². The van der Waals surface area contributed by atoms with Gasteiger partial charge in [0.25, 0.3) is 0 Å². The number of halogens is 3. The summed E-state index contributed by atoms with van der Waals surface area (Å²) in [4.78, 5) is 1.92. The van der Waals surface area contributed by atoms with Gasteiger partial charge in [-0.2, -0.15) is 13.2 Å². The van der Waals surface area contributed by atoms with Gasteiger partial charge in [0.2, 0.25) is 0 Å². The van der Waals surface area contributed by atoms with Crippen LogP contribution >= 0.6 is 0 Å². The molecule has 0 aliphatic heterocycles. The second kappa shape index (κ2) is 5.99. The van der Waals surface area contributed by atoms with Crippen molar-refractivity contribution in [3.05, 3.63) is 65.7 Å². The highest BCUT2D eigenvalue weighted by molar-refractivity contribution is 5.49. The zero-order valence-corrected chi connectivity index (χ0v) is 11.2. The van der Waals surface area contributed by atoms with Gasteiger partial charge < -0.3 is 4.90 Å². The minimum atomic E-state index is -4.30. The molecule has 2 aromatic carbocycles. The number of benzene rings is 2. The maximum atomic E-state index is 12.7. The van der Waals surface area contributed by atoms with Crippen molar-refractivity contribution in [1.29, 1.82) is 0 Å². The number of hydrogen-bond acceptors (Lipinski definition) is 1. The van der Waals surface area contributed by atoms with Gasteiger partial charge in [-0.15, -0.1) is 0 Å². The lowest BCUT2D eigenvalue weighted by atomic mass is 10.1. The Kier molecular flexibility index (Phi) is 4.32. The first-order valence-corrected chi connectivity index (χ1v) is 6.47. The molecule has 0 saturated carbocycles. The number of nitrogens with zero attached hydrogens (tertiary/aromatic N) is 1. The Morgan fingerprint density at radius 1 is 0.950 bits per heavy atom. The van der Waals surface area contributed by atoms with Crippen LogP contribution in [0.2, 0.25) is 0 Å². The predicted molar refractivity (Wildman–Crippen MR) is 74.6 cm³/mol. The SMILES string of the molecule is CCN(Cc1ccccc1)c1cccc(C(F)(F)F)c1. The molecule has 1 nitrogen and oxygen atoms in total. The highest BCUT2D eigenvalue weighted by atomic mass is 19.4. The molecule has 0 N–H and O–H groups in total. The van der Waals surface area contributed by atoms with Crippen molar-refractivity contribution in [1.82, 2.24) is 0 Å². The molecule has 0 radical (unpaired) electrons. The standard InChI is InChI=1S/C16H16F3N/c1-2-20(12-13-7-4-3-5-8-13)15-10-6-9-14(11-15)16(17,18)19/h3-11H,2,12H2,1H3. The highest BCUT2D eigenvalue weighted by Crippen LogP contribution is 2.31. The molecule has 0 aliphatic rings. The molecule has 0 saturated heterocycles. The summed E-state index contributed by atoms with van der Waals surface area (Å²) in [5, 5.41) is 0. The van der Waals surface area contributed by atoms with E-state index in [1.807, 2.05) is 42.2 Å². The van der Waals surface area contributed by atoms with E-state index < -0.39 is 11.7 Å². The first-order valence-electron chi connectivity index (χ1n) is 6.47. The smallest absolute Gasteiger partial charge is 0.367 e. The van der Waals surface area contributed by atoms with Crippen molar-refractivity contribution in [2.75, 3.05) is 11.4 Å². The summed E-state index contributed by atoms with van der Waals surface area (Å²) >= 11 is 0. The van der Waals surface area contributed by atoms with Gasteiger partial charge in [0.15, 0.2) is 0 Å². The Labute approximate surface area is 116 Å². The molecular weight excluding hydrogens is 263 g/mol. The topological polar surface area (TPSA) is 3.24 Å². The van der Waals surface area contributed by atoms with Crippen LogP contribution in [0.3, 0.4) is 0 Å². The maximum Gasteiger partial charge on any atom is 0.416 e. The van der Waals surface area contributed by atoms with Crippen LogP contribution in [0.15, 0.2) is 54.6 Å². The molecule has 0 unspecified atom stereocenters. The minimum absolute atomic E-state index is 0.589. The van der Waals surface area contributed by atoms with Gasteiger partial charge in [-0.05, 0) is 30.7 Å². The third-order valence-electron chi connectivity index (χ3n) is 3.14. The number of hydrogen-bond donors (Lipinski definition) is 0. The van der Waals surface area contributed by atoms with Gasteiger partial charge in [-0.1, -0.05) is 36.4 Å². The zero-order chi connectivity index (χ0) is 14.6. The molecule has 0 aromatic heterocycles. The third kappa shape index (κ3) is 3.53. The molecule has 0 atom stereocenters. The van der Waals surface area contributed by atoms with Crippen LogP contribution in [0.4, 0.5) is 18.9 Å². The van der Waals surface area contributed by atoms with Gasteiger partial charge in [-0.25, -0.2) is 0 Å². The van der Waals surface area contributed by atoms with E-state index in [2.05, 4.69) is 0 Å². The molecule has 2 aromatic rings. The van der Waals surface area contributed by atoms with Crippen LogP contribution in [0.1, 0.15) is 18.1 Å². The predicted octanol–water partition coefficient (Wildman–Crippen LogP) is 4.73. The largest absolute Gasteiger partial charge is 0.416 e. The lowest BCUT2D eigenvalue weighted by Crippen LogP contribution is -2.22. The number of anilines is 1. The van der Waals surface area contributed by atoms with E-state index in [0.29, 0.717) is 18.8 Å². The average Bonchev–Trinajstić information content (AvgIpc) is 2.45. The average molecular weight is 279 g/mol. The van der Waals surface area contributed by atoms with Gasteiger partial charge in [0.1, 0.15) is 0 Å². The Morgan fingerprint density at radius 3 is 2.25 bits per heavy atom. The van der Waals surface area contributed by atoms with E-state index >= 15 is 0 Å². The molecule has 20 heavy (non-hydrogen) atoms.